The molecule has 4 nitrogen and oxygen atoms in total. The third-order valence-corrected chi connectivity index (χ3v) is 3.11. The molecule has 4 heteroatoms. The largest absolute Gasteiger partial charge is 0.369 e. The number of hydrogen-bond donors (Lipinski definition) is 1. The molecule has 0 saturated heterocycles. The van der Waals surface area contributed by atoms with Gasteiger partial charge in [0.25, 0.3) is 0 Å². The highest BCUT2D eigenvalue weighted by atomic mass is 15.2. The Hall–Kier alpha value is -1.32. The van der Waals surface area contributed by atoms with E-state index < -0.39 is 0 Å². The molecule has 0 saturated carbocycles. The van der Waals surface area contributed by atoms with E-state index in [1.54, 1.807) is 6.20 Å². The van der Waals surface area contributed by atoms with Gasteiger partial charge in [-0.2, -0.15) is 0 Å². The average Bonchev–Trinajstić information content (AvgIpc) is 2.42. The van der Waals surface area contributed by atoms with Crippen LogP contribution < -0.4 is 10.2 Å². The van der Waals surface area contributed by atoms with E-state index in [1.165, 1.54) is 6.42 Å². The second-order valence-corrected chi connectivity index (χ2v) is 4.74. The highest BCUT2D eigenvalue weighted by molar-refractivity contribution is 5.43. The fourth-order valence-corrected chi connectivity index (χ4v) is 1.74. The first-order valence-corrected chi connectivity index (χ1v) is 7.02. The molecule has 0 fully saturated rings. The molecule has 1 rings (SSSR count). The molecule has 0 aliphatic heterocycles. The maximum Gasteiger partial charge on any atom is 0.149 e. The fraction of sp³-hybridized carbons (Fsp3) is 0.714. The van der Waals surface area contributed by atoms with Crippen molar-refractivity contribution in [2.45, 2.75) is 40.5 Å². The minimum absolute atomic E-state index is 0.680. The van der Waals surface area contributed by atoms with Crippen LogP contribution in [0.1, 0.15) is 40.5 Å². The number of nitrogens with one attached hydrogen (secondary N) is 1. The first-order valence-electron chi connectivity index (χ1n) is 7.02. The monoisotopic (exact) mass is 250 g/mol. The molecule has 0 radical (unpaired) electrons. The Kier molecular flexibility index (Phi) is 6.47. The van der Waals surface area contributed by atoms with E-state index in [1.807, 2.05) is 6.20 Å². The Labute approximate surface area is 111 Å². The van der Waals surface area contributed by atoms with E-state index in [0.717, 1.165) is 37.7 Å². The Balaban J connectivity index is 2.72. The van der Waals surface area contributed by atoms with Gasteiger partial charge in [0.1, 0.15) is 11.6 Å². The van der Waals surface area contributed by atoms with Gasteiger partial charge in [0.15, 0.2) is 0 Å². The summed E-state index contributed by atoms with van der Waals surface area (Å²) in [6, 6.07) is 0. The van der Waals surface area contributed by atoms with Gasteiger partial charge in [-0.25, -0.2) is 4.98 Å². The van der Waals surface area contributed by atoms with E-state index in [9.17, 15) is 0 Å². The molecule has 0 aliphatic rings. The van der Waals surface area contributed by atoms with E-state index in [0.29, 0.717) is 5.92 Å². The second-order valence-electron chi connectivity index (χ2n) is 4.74. The maximum absolute atomic E-state index is 4.62. The molecular weight excluding hydrogens is 224 g/mol. The van der Waals surface area contributed by atoms with Crippen molar-refractivity contribution in [1.82, 2.24) is 9.97 Å². The first-order chi connectivity index (χ1) is 8.71. The predicted octanol–water partition coefficient (Wildman–Crippen LogP) is 3.17. The van der Waals surface area contributed by atoms with Crippen LogP contribution in [-0.4, -0.2) is 29.6 Å². The van der Waals surface area contributed by atoms with Gasteiger partial charge in [-0.3, -0.25) is 4.98 Å². The van der Waals surface area contributed by atoms with Crippen LogP contribution in [0.3, 0.4) is 0 Å². The second kappa shape index (κ2) is 7.90. The fourth-order valence-electron chi connectivity index (χ4n) is 1.74. The highest BCUT2D eigenvalue weighted by Gasteiger charge is 2.10. The number of anilines is 2. The third kappa shape index (κ3) is 4.51. The Morgan fingerprint density at radius 3 is 2.67 bits per heavy atom. The first kappa shape index (κ1) is 14.7. The quantitative estimate of drug-likeness (QED) is 0.769. The molecule has 0 aliphatic carbocycles. The summed E-state index contributed by atoms with van der Waals surface area (Å²) >= 11 is 0. The lowest BCUT2D eigenvalue weighted by atomic mass is 10.1. The van der Waals surface area contributed by atoms with Crippen LogP contribution in [0.25, 0.3) is 0 Å². The van der Waals surface area contributed by atoms with Crippen LogP contribution in [-0.2, 0) is 0 Å². The highest BCUT2D eigenvalue weighted by Crippen LogP contribution is 2.15. The summed E-state index contributed by atoms with van der Waals surface area (Å²) < 4.78 is 0. The lowest BCUT2D eigenvalue weighted by Crippen LogP contribution is -2.29. The predicted molar refractivity (Wildman–Crippen MR) is 78.2 cm³/mol. The minimum Gasteiger partial charge on any atom is -0.369 e. The smallest absolute Gasteiger partial charge is 0.149 e. The zero-order valence-corrected chi connectivity index (χ0v) is 12.1. The molecule has 1 aromatic heterocycles. The molecule has 0 bridgehead atoms. The topological polar surface area (TPSA) is 41.1 Å². The van der Waals surface area contributed by atoms with Gasteiger partial charge in [-0.15, -0.1) is 0 Å². The van der Waals surface area contributed by atoms with Crippen LogP contribution in [0.15, 0.2) is 12.4 Å². The molecule has 0 aromatic carbocycles. The summed E-state index contributed by atoms with van der Waals surface area (Å²) in [6.07, 6.45) is 5.92. The average molecular weight is 250 g/mol. The van der Waals surface area contributed by atoms with E-state index >= 15 is 0 Å². The summed E-state index contributed by atoms with van der Waals surface area (Å²) in [7, 11) is 0. The van der Waals surface area contributed by atoms with Crippen molar-refractivity contribution in [3.8, 4) is 0 Å². The van der Waals surface area contributed by atoms with Gasteiger partial charge < -0.3 is 10.2 Å². The molecule has 0 amide bonds. The Morgan fingerprint density at radius 2 is 2.06 bits per heavy atom. The minimum atomic E-state index is 0.680. The standard InChI is InChI=1S/C14H26N4/c1-5-8-16-13-9-15-10-14(17-13)18(7-3)11-12(4)6-2/h9-10,12H,5-8,11H2,1-4H3,(H,16,17). The van der Waals surface area contributed by atoms with Gasteiger partial charge >= 0.3 is 0 Å². The zero-order chi connectivity index (χ0) is 13.4. The molecule has 102 valence electrons. The lowest BCUT2D eigenvalue weighted by Gasteiger charge is -2.25. The van der Waals surface area contributed by atoms with Crippen molar-refractivity contribution in [3.05, 3.63) is 12.4 Å². The normalized spacial score (nSPS) is 12.2. The van der Waals surface area contributed by atoms with Crippen molar-refractivity contribution >= 4 is 11.6 Å². The van der Waals surface area contributed by atoms with Crippen molar-refractivity contribution in [2.24, 2.45) is 5.92 Å². The molecule has 0 spiro atoms. The molecule has 1 aromatic rings. The Bertz CT molecular complexity index is 340. The summed E-state index contributed by atoms with van der Waals surface area (Å²) in [5.74, 6) is 2.52. The number of nitrogens with zero attached hydrogens (tertiary/aromatic N) is 3. The van der Waals surface area contributed by atoms with E-state index in [2.05, 4.69) is 47.9 Å². The zero-order valence-electron chi connectivity index (χ0n) is 12.1. The van der Waals surface area contributed by atoms with Crippen molar-refractivity contribution in [2.75, 3.05) is 29.9 Å². The number of rotatable bonds is 8. The van der Waals surface area contributed by atoms with Crippen molar-refractivity contribution in [1.29, 1.82) is 0 Å². The van der Waals surface area contributed by atoms with Crippen LogP contribution in [0.5, 0.6) is 0 Å². The SMILES string of the molecule is CCCNc1cncc(N(CC)CC(C)CC)n1. The van der Waals surface area contributed by atoms with Gasteiger partial charge in [-0.1, -0.05) is 27.2 Å². The van der Waals surface area contributed by atoms with Crippen LogP contribution in [0.2, 0.25) is 0 Å². The molecule has 1 N–H and O–H groups in total. The maximum atomic E-state index is 4.62. The molecular formula is C14H26N4. The Morgan fingerprint density at radius 1 is 1.28 bits per heavy atom. The van der Waals surface area contributed by atoms with E-state index in [4.69, 9.17) is 0 Å². The van der Waals surface area contributed by atoms with Crippen molar-refractivity contribution in [3.63, 3.8) is 0 Å². The molecule has 1 heterocycles. The third-order valence-electron chi connectivity index (χ3n) is 3.11. The molecule has 1 atom stereocenters. The van der Waals surface area contributed by atoms with Crippen LogP contribution in [0.4, 0.5) is 11.6 Å². The lowest BCUT2D eigenvalue weighted by molar-refractivity contribution is 0.545. The molecule has 1 unspecified atom stereocenters. The summed E-state index contributed by atoms with van der Waals surface area (Å²) in [6.45, 7) is 11.8. The van der Waals surface area contributed by atoms with Crippen LogP contribution >= 0.6 is 0 Å². The summed E-state index contributed by atoms with van der Waals surface area (Å²) in [5.41, 5.74) is 0. The van der Waals surface area contributed by atoms with E-state index in [-0.39, 0.29) is 0 Å². The van der Waals surface area contributed by atoms with Crippen LogP contribution in [0, 0.1) is 5.92 Å². The summed E-state index contributed by atoms with van der Waals surface area (Å²) in [4.78, 5) is 11.2. The van der Waals surface area contributed by atoms with Gasteiger partial charge in [0.2, 0.25) is 0 Å². The number of aromatic nitrogens is 2. The summed E-state index contributed by atoms with van der Waals surface area (Å²) in [5, 5.41) is 3.28. The number of hydrogen-bond acceptors (Lipinski definition) is 4. The molecule has 18 heavy (non-hydrogen) atoms. The van der Waals surface area contributed by atoms with Gasteiger partial charge in [0.05, 0.1) is 12.4 Å². The van der Waals surface area contributed by atoms with Crippen molar-refractivity contribution < 1.29 is 0 Å². The van der Waals surface area contributed by atoms with Gasteiger partial charge in [-0.05, 0) is 19.3 Å². The van der Waals surface area contributed by atoms with Gasteiger partial charge in [0, 0.05) is 19.6 Å².